The average molecular weight is 347 g/mol. The summed E-state index contributed by atoms with van der Waals surface area (Å²) >= 11 is 0. The molecule has 4 aliphatic rings. The number of fused-ring (bicyclic) bond motifs is 5. The molecule has 1 aliphatic heterocycles. The molecule has 1 N–H and O–H groups in total. The third-order valence-corrected chi connectivity index (χ3v) is 9.07. The SMILES string of the molecule is CC1C[C@]2(C)[C@H]3CC[C@]4(C)C(NC=O)CC[C@H]4[C@@H]3CC[C@H]2N(C)C1=O. The number of amides is 2. The highest BCUT2D eigenvalue weighted by molar-refractivity contribution is 5.79. The molecule has 140 valence electrons. The lowest BCUT2D eigenvalue weighted by Crippen LogP contribution is -2.63. The molecule has 1 heterocycles. The van der Waals surface area contributed by atoms with Crippen molar-refractivity contribution in [3.8, 4) is 0 Å². The average Bonchev–Trinajstić information content (AvgIpc) is 2.90. The van der Waals surface area contributed by atoms with E-state index in [0.717, 1.165) is 43.4 Å². The van der Waals surface area contributed by atoms with Crippen LogP contribution in [0.25, 0.3) is 0 Å². The zero-order valence-corrected chi connectivity index (χ0v) is 16.3. The van der Waals surface area contributed by atoms with Crippen LogP contribution in [0.4, 0.5) is 0 Å². The van der Waals surface area contributed by atoms with Crippen molar-refractivity contribution in [3.63, 3.8) is 0 Å². The van der Waals surface area contributed by atoms with Crippen molar-refractivity contribution < 1.29 is 9.59 Å². The molecule has 0 aromatic heterocycles. The van der Waals surface area contributed by atoms with Gasteiger partial charge in [0.05, 0.1) is 0 Å². The molecule has 2 unspecified atom stereocenters. The summed E-state index contributed by atoms with van der Waals surface area (Å²) in [5.74, 6) is 2.74. The molecule has 25 heavy (non-hydrogen) atoms. The van der Waals surface area contributed by atoms with Gasteiger partial charge in [0.15, 0.2) is 0 Å². The number of carbonyl (C=O) groups is 2. The molecular formula is C21H34N2O2. The van der Waals surface area contributed by atoms with Crippen molar-refractivity contribution in [1.82, 2.24) is 10.2 Å². The Morgan fingerprint density at radius 1 is 1.08 bits per heavy atom. The Morgan fingerprint density at radius 2 is 1.80 bits per heavy atom. The maximum Gasteiger partial charge on any atom is 0.225 e. The molecule has 1 saturated heterocycles. The van der Waals surface area contributed by atoms with Crippen LogP contribution in [0, 0.1) is 34.5 Å². The van der Waals surface area contributed by atoms with Crippen molar-refractivity contribution in [1.29, 1.82) is 0 Å². The lowest BCUT2D eigenvalue weighted by molar-refractivity contribution is -0.165. The smallest absolute Gasteiger partial charge is 0.225 e. The van der Waals surface area contributed by atoms with Gasteiger partial charge in [0.2, 0.25) is 12.3 Å². The third kappa shape index (κ3) is 2.24. The van der Waals surface area contributed by atoms with Crippen LogP contribution in [-0.4, -0.2) is 36.3 Å². The van der Waals surface area contributed by atoms with Gasteiger partial charge < -0.3 is 10.2 Å². The lowest BCUT2D eigenvalue weighted by Gasteiger charge is -2.62. The largest absolute Gasteiger partial charge is 0.355 e. The zero-order chi connectivity index (χ0) is 18.0. The summed E-state index contributed by atoms with van der Waals surface area (Å²) in [6.45, 7) is 7.03. The Labute approximate surface area is 152 Å². The molecule has 0 bridgehead atoms. The van der Waals surface area contributed by atoms with Gasteiger partial charge in [-0.2, -0.15) is 0 Å². The molecule has 0 radical (unpaired) electrons. The number of rotatable bonds is 2. The van der Waals surface area contributed by atoms with E-state index in [4.69, 9.17) is 0 Å². The van der Waals surface area contributed by atoms with Crippen molar-refractivity contribution in [3.05, 3.63) is 0 Å². The molecule has 8 atom stereocenters. The molecule has 2 amide bonds. The second kappa shape index (κ2) is 5.72. The highest BCUT2D eigenvalue weighted by atomic mass is 16.2. The first-order valence-corrected chi connectivity index (χ1v) is 10.3. The topological polar surface area (TPSA) is 49.4 Å². The Balaban J connectivity index is 1.63. The molecule has 0 aromatic rings. The second-order valence-corrected chi connectivity index (χ2v) is 9.99. The number of carbonyl (C=O) groups excluding carboxylic acids is 2. The van der Waals surface area contributed by atoms with Crippen LogP contribution in [-0.2, 0) is 9.59 Å². The summed E-state index contributed by atoms with van der Waals surface area (Å²) in [6, 6.07) is 0.781. The van der Waals surface area contributed by atoms with Crippen LogP contribution in [0.3, 0.4) is 0 Å². The standard InChI is InChI=1S/C21H34N2O2/c1-13-11-21(3)16-9-10-20(2)15(6-7-17(20)22-12-24)14(16)5-8-18(21)23(4)19(13)25/h12-18H,5-11H2,1-4H3,(H,22,24)/t13?,14-,15-,16-,17?,18+,20-,21+/m0/s1. The summed E-state index contributed by atoms with van der Waals surface area (Å²) in [4.78, 5) is 25.7. The highest BCUT2D eigenvalue weighted by Crippen LogP contribution is 2.64. The van der Waals surface area contributed by atoms with Crippen molar-refractivity contribution in [2.75, 3.05) is 7.05 Å². The van der Waals surface area contributed by atoms with Gasteiger partial charge in [-0.25, -0.2) is 0 Å². The van der Waals surface area contributed by atoms with Gasteiger partial charge in [0, 0.05) is 25.0 Å². The number of nitrogens with one attached hydrogen (secondary N) is 1. The first-order valence-electron chi connectivity index (χ1n) is 10.3. The summed E-state index contributed by atoms with van der Waals surface area (Å²) in [5, 5.41) is 3.13. The molecule has 3 saturated carbocycles. The van der Waals surface area contributed by atoms with Crippen molar-refractivity contribution in [2.45, 2.75) is 77.8 Å². The minimum atomic E-state index is 0.159. The fourth-order valence-corrected chi connectivity index (χ4v) is 7.96. The van der Waals surface area contributed by atoms with Crippen LogP contribution in [0.1, 0.15) is 65.7 Å². The zero-order valence-electron chi connectivity index (χ0n) is 16.3. The van der Waals surface area contributed by atoms with Crippen LogP contribution < -0.4 is 5.32 Å². The van der Waals surface area contributed by atoms with E-state index in [1.165, 1.54) is 25.7 Å². The van der Waals surface area contributed by atoms with Gasteiger partial charge in [-0.1, -0.05) is 20.8 Å². The Morgan fingerprint density at radius 3 is 2.52 bits per heavy atom. The minimum Gasteiger partial charge on any atom is -0.355 e. The Kier molecular flexibility index (Phi) is 3.97. The molecule has 4 nitrogen and oxygen atoms in total. The van der Waals surface area contributed by atoms with E-state index in [0.29, 0.717) is 18.0 Å². The van der Waals surface area contributed by atoms with Crippen molar-refractivity contribution in [2.24, 2.45) is 34.5 Å². The molecule has 4 fully saturated rings. The number of nitrogens with zero attached hydrogens (tertiary/aromatic N) is 1. The minimum absolute atomic E-state index is 0.159. The maximum absolute atomic E-state index is 12.5. The molecule has 0 aromatic carbocycles. The monoisotopic (exact) mass is 346 g/mol. The van der Waals surface area contributed by atoms with Gasteiger partial charge in [-0.3, -0.25) is 9.59 Å². The van der Waals surface area contributed by atoms with E-state index in [-0.39, 0.29) is 16.7 Å². The predicted molar refractivity (Wildman–Crippen MR) is 97.7 cm³/mol. The summed E-state index contributed by atoms with van der Waals surface area (Å²) in [7, 11) is 2.04. The lowest BCUT2D eigenvalue weighted by atomic mass is 9.46. The summed E-state index contributed by atoms with van der Waals surface area (Å²) in [5.41, 5.74) is 0.537. The normalized spacial score (nSPS) is 52.2. The summed E-state index contributed by atoms with van der Waals surface area (Å²) in [6.07, 6.45) is 9.25. The number of likely N-dealkylation sites (tertiary alicyclic amines) is 1. The Bertz CT molecular complexity index is 578. The van der Waals surface area contributed by atoms with Gasteiger partial charge in [0.25, 0.3) is 0 Å². The third-order valence-electron chi connectivity index (χ3n) is 9.07. The van der Waals surface area contributed by atoms with Crippen LogP contribution in [0.2, 0.25) is 0 Å². The fraction of sp³-hybridized carbons (Fsp3) is 0.905. The molecule has 4 heteroatoms. The van der Waals surface area contributed by atoms with E-state index in [1.807, 2.05) is 7.05 Å². The quantitative estimate of drug-likeness (QED) is 0.781. The second-order valence-electron chi connectivity index (χ2n) is 9.99. The molecule has 3 aliphatic carbocycles. The fourth-order valence-electron chi connectivity index (χ4n) is 7.96. The van der Waals surface area contributed by atoms with Gasteiger partial charge in [0.1, 0.15) is 0 Å². The Hall–Kier alpha value is -1.06. The van der Waals surface area contributed by atoms with Crippen LogP contribution in [0.5, 0.6) is 0 Å². The van der Waals surface area contributed by atoms with E-state index in [9.17, 15) is 9.59 Å². The predicted octanol–water partition coefficient (Wildman–Crippen LogP) is 3.21. The molecule has 0 spiro atoms. The van der Waals surface area contributed by atoms with E-state index >= 15 is 0 Å². The van der Waals surface area contributed by atoms with E-state index < -0.39 is 0 Å². The van der Waals surface area contributed by atoms with Gasteiger partial charge in [-0.15, -0.1) is 0 Å². The number of hydrogen-bond donors (Lipinski definition) is 1. The van der Waals surface area contributed by atoms with Crippen LogP contribution >= 0.6 is 0 Å². The number of hydrogen-bond acceptors (Lipinski definition) is 2. The van der Waals surface area contributed by atoms with Gasteiger partial charge in [-0.05, 0) is 73.5 Å². The van der Waals surface area contributed by atoms with E-state index in [2.05, 4.69) is 31.0 Å². The van der Waals surface area contributed by atoms with Crippen molar-refractivity contribution >= 4 is 12.3 Å². The first kappa shape index (κ1) is 17.4. The maximum atomic E-state index is 12.5. The number of piperidine rings is 1. The van der Waals surface area contributed by atoms with E-state index in [1.54, 1.807) is 0 Å². The first-order chi connectivity index (χ1) is 11.8. The highest BCUT2D eigenvalue weighted by Gasteiger charge is 2.61. The molecule has 4 rings (SSSR count). The molecular weight excluding hydrogens is 312 g/mol. The summed E-state index contributed by atoms with van der Waals surface area (Å²) < 4.78 is 0. The van der Waals surface area contributed by atoms with Crippen LogP contribution in [0.15, 0.2) is 0 Å². The van der Waals surface area contributed by atoms with Gasteiger partial charge >= 0.3 is 0 Å².